The predicted octanol–water partition coefficient (Wildman–Crippen LogP) is 4.61. The number of nitrogens with one attached hydrogen (secondary N) is 1. The van der Waals surface area contributed by atoms with Crippen molar-refractivity contribution >= 4 is 14.2 Å². The Morgan fingerprint density at radius 1 is 1.20 bits per heavy atom. The van der Waals surface area contributed by atoms with Crippen molar-refractivity contribution in [3.63, 3.8) is 0 Å². The molecule has 1 rings (SSSR count). The van der Waals surface area contributed by atoms with Crippen LogP contribution in [-0.2, 0) is 15.8 Å². The van der Waals surface area contributed by atoms with Crippen molar-refractivity contribution in [3.05, 3.63) is 35.4 Å². The lowest BCUT2D eigenvalue weighted by molar-refractivity contribution is 0.0864. The van der Waals surface area contributed by atoms with E-state index in [9.17, 15) is 4.79 Å². The van der Waals surface area contributed by atoms with Gasteiger partial charge in [-0.25, -0.2) is 0 Å². The van der Waals surface area contributed by atoms with Gasteiger partial charge >= 0.3 is 0 Å². The number of amides is 1. The van der Waals surface area contributed by atoms with Crippen molar-refractivity contribution in [2.24, 2.45) is 5.92 Å². The van der Waals surface area contributed by atoms with Crippen LogP contribution in [-0.4, -0.2) is 34.0 Å². The smallest absolute Gasteiger partial charge is 0.251 e. The molecule has 0 spiro atoms. The van der Waals surface area contributed by atoms with Gasteiger partial charge < -0.3 is 14.5 Å². The Kier molecular flexibility index (Phi) is 7.84. The summed E-state index contributed by atoms with van der Waals surface area (Å²) >= 11 is 0. The van der Waals surface area contributed by atoms with Gasteiger partial charge in [-0.15, -0.1) is 0 Å². The third kappa shape index (κ3) is 6.24. The normalized spacial score (nSPS) is 13.8. The standard InChI is InChI=1S/C20H35NO3Si/c1-15(2)18(14-23-6)21-19(22)17-12-10-9-11-16(17)13-24-25(7,8)20(3,4)5/h9-12,15,18H,13-14H2,1-8H3,(H,21,22)/t18-/m1/s1. The largest absolute Gasteiger partial charge is 0.413 e. The van der Waals surface area contributed by atoms with Gasteiger partial charge in [0, 0.05) is 12.7 Å². The fraction of sp³-hybridized carbons (Fsp3) is 0.650. The van der Waals surface area contributed by atoms with Gasteiger partial charge in [0.15, 0.2) is 8.32 Å². The van der Waals surface area contributed by atoms with E-state index in [-0.39, 0.29) is 17.0 Å². The van der Waals surface area contributed by atoms with Crippen LogP contribution in [0.3, 0.4) is 0 Å². The second-order valence-corrected chi connectivity index (χ2v) is 13.3. The summed E-state index contributed by atoms with van der Waals surface area (Å²) in [5.41, 5.74) is 1.62. The number of methoxy groups -OCH3 is 1. The second kappa shape index (κ2) is 8.97. The van der Waals surface area contributed by atoms with Gasteiger partial charge in [0.05, 0.1) is 19.3 Å². The lowest BCUT2D eigenvalue weighted by atomic mass is 10.0. The highest BCUT2D eigenvalue weighted by atomic mass is 28.4. The Balaban J connectivity index is 2.91. The summed E-state index contributed by atoms with van der Waals surface area (Å²) in [5.74, 6) is 0.240. The summed E-state index contributed by atoms with van der Waals surface area (Å²) in [6.07, 6.45) is 0. The third-order valence-electron chi connectivity index (χ3n) is 5.12. The Morgan fingerprint density at radius 2 is 1.80 bits per heavy atom. The molecule has 0 aromatic heterocycles. The lowest BCUT2D eigenvalue weighted by Gasteiger charge is -2.36. The van der Waals surface area contributed by atoms with Crippen molar-refractivity contribution in [2.45, 2.75) is 65.4 Å². The molecule has 0 fully saturated rings. The second-order valence-electron chi connectivity index (χ2n) is 8.49. The number of benzene rings is 1. The molecule has 1 aromatic rings. The molecule has 1 aromatic carbocycles. The van der Waals surface area contributed by atoms with Crippen molar-refractivity contribution < 1.29 is 14.0 Å². The Hall–Kier alpha value is -1.17. The van der Waals surface area contributed by atoms with Gasteiger partial charge in [0.1, 0.15) is 0 Å². The first-order valence-electron chi connectivity index (χ1n) is 9.01. The molecule has 0 aliphatic carbocycles. The minimum atomic E-state index is -1.86. The highest BCUT2D eigenvalue weighted by molar-refractivity contribution is 6.74. The Morgan fingerprint density at radius 3 is 2.32 bits per heavy atom. The van der Waals surface area contributed by atoms with E-state index in [0.29, 0.717) is 24.7 Å². The van der Waals surface area contributed by atoms with Gasteiger partial charge in [0.25, 0.3) is 5.91 Å². The summed E-state index contributed by atoms with van der Waals surface area (Å²) in [5, 5.41) is 3.24. The number of hydrogen-bond acceptors (Lipinski definition) is 3. The summed E-state index contributed by atoms with van der Waals surface area (Å²) in [6, 6.07) is 7.68. The molecule has 0 radical (unpaired) electrons. The van der Waals surface area contributed by atoms with Crippen molar-refractivity contribution in [1.29, 1.82) is 0 Å². The van der Waals surface area contributed by atoms with Crippen molar-refractivity contribution in [3.8, 4) is 0 Å². The Bertz CT molecular complexity index is 564. The number of rotatable bonds is 8. The highest BCUT2D eigenvalue weighted by Gasteiger charge is 2.37. The molecule has 0 saturated carbocycles. The molecule has 0 unspecified atom stereocenters. The molecule has 0 saturated heterocycles. The Labute approximate surface area is 154 Å². The van der Waals surface area contributed by atoms with E-state index in [1.165, 1.54) is 0 Å². The van der Waals surface area contributed by atoms with E-state index in [1.807, 2.05) is 24.3 Å². The molecule has 0 aliphatic heterocycles. The van der Waals surface area contributed by atoms with E-state index in [4.69, 9.17) is 9.16 Å². The first-order chi connectivity index (χ1) is 11.5. The van der Waals surface area contributed by atoms with Gasteiger partial charge in [-0.2, -0.15) is 0 Å². The van der Waals surface area contributed by atoms with E-state index in [2.05, 4.69) is 53.0 Å². The predicted molar refractivity (Wildman–Crippen MR) is 106 cm³/mol. The van der Waals surface area contributed by atoms with Crippen LogP contribution in [0.5, 0.6) is 0 Å². The molecule has 1 atom stereocenters. The zero-order chi connectivity index (χ0) is 19.3. The van der Waals surface area contributed by atoms with Crippen LogP contribution in [0.1, 0.15) is 50.5 Å². The maximum atomic E-state index is 12.8. The van der Waals surface area contributed by atoms with Gasteiger partial charge in [-0.3, -0.25) is 4.79 Å². The molecule has 4 nitrogen and oxygen atoms in total. The lowest BCUT2D eigenvalue weighted by Crippen LogP contribution is -2.42. The maximum absolute atomic E-state index is 12.8. The van der Waals surface area contributed by atoms with Crippen molar-refractivity contribution in [1.82, 2.24) is 5.32 Å². The van der Waals surface area contributed by atoms with E-state index >= 15 is 0 Å². The topological polar surface area (TPSA) is 47.6 Å². The van der Waals surface area contributed by atoms with Crippen LogP contribution in [0, 0.1) is 5.92 Å². The van der Waals surface area contributed by atoms with Gasteiger partial charge in [-0.1, -0.05) is 52.8 Å². The summed E-state index contributed by atoms with van der Waals surface area (Å²) in [6.45, 7) is 16.2. The van der Waals surface area contributed by atoms with E-state index in [0.717, 1.165) is 5.56 Å². The minimum Gasteiger partial charge on any atom is -0.413 e. The molecule has 0 aliphatic rings. The van der Waals surface area contributed by atoms with Crippen LogP contribution in [0.15, 0.2) is 24.3 Å². The van der Waals surface area contributed by atoms with Crippen LogP contribution < -0.4 is 5.32 Å². The first kappa shape index (κ1) is 21.9. The molecule has 0 heterocycles. The van der Waals surface area contributed by atoms with E-state index in [1.54, 1.807) is 7.11 Å². The summed E-state index contributed by atoms with van der Waals surface area (Å²) in [4.78, 5) is 12.8. The molecule has 0 bridgehead atoms. The zero-order valence-electron chi connectivity index (χ0n) is 17.1. The van der Waals surface area contributed by atoms with Crippen molar-refractivity contribution in [2.75, 3.05) is 13.7 Å². The first-order valence-corrected chi connectivity index (χ1v) is 11.9. The highest BCUT2D eigenvalue weighted by Crippen LogP contribution is 2.37. The number of carbonyl (C=O) groups excluding carboxylic acids is 1. The van der Waals surface area contributed by atoms with Crippen LogP contribution in [0.4, 0.5) is 0 Å². The molecular formula is C20H35NO3Si. The molecule has 1 N–H and O–H groups in total. The summed E-state index contributed by atoms with van der Waals surface area (Å²) < 4.78 is 11.5. The molecule has 1 amide bonds. The molecular weight excluding hydrogens is 330 g/mol. The number of ether oxygens (including phenoxy) is 1. The van der Waals surface area contributed by atoms with E-state index < -0.39 is 8.32 Å². The number of carbonyl (C=O) groups is 1. The molecule has 142 valence electrons. The SMILES string of the molecule is COC[C@@H](NC(=O)c1ccccc1CO[Si](C)(C)C(C)(C)C)C(C)C. The van der Waals surface area contributed by atoms with Gasteiger partial charge in [-0.05, 0) is 35.7 Å². The average molecular weight is 366 g/mol. The third-order valence-corrected chi connectivity index (χ3v) is 9.60. The van der Waals surface area contributed by atoms with Crippen LogP contribution in [0.2, 0.25) is 18.1 Å². The summed E-state index contributed by atoms with van der Waals surface area (Å²) in [7, 11) is -0.204. The van der Waals surface area contributed by atoms with Gasteiger partial charge in [0.2, 0.25) is 0 Å². The monoisotopic (exact) mass is 365 g/mol. The number of hydrogen-bond donors (Lipinski definition) is 1. The van der Waals surface area contributed by atoms with Crippen LogP contribution >= 0.6 is 0 Å². The minimum absolute atomic E-state index is 0.00753. The quantitative estimate of drug-likeness (QED) is 0.684. The zero-order valence-corrected chi connectivity index (χ0v) is 18.1. The van der Waals surface area contributed by atoms with Crippen LogP contribution in [0.25, 0.3) is 0 Å². The molecule has 25 heavy (non-hydrogen) atoms. The average Bonchev–Trinajstić information content (AvgIpc) is 2.51. The fourth-order valence-electron chi connectivity index (χ4n) is 2.17. The molecule has 5 heteroatoms. The fourth-order valence-corrected chi connectivity index (χ4v) is 3.12. The maximum Gasteiger partial charge on any atom is 0.251 e.